The first kappa shape index (κ1) is 12.3. The fourth-order valence-electron chi connectivity index (χ4n) is 2.54. The van der Waals surface area contributed by atoms with Crippen LogP contribution >= 0.6 is 0 Å². The summed E-state index contributed by atoms with van der Waals surface area (Å²) in [6.07, 6.45) is 2.06. The lowest BCUT2D eigenvalue weighted by Crippen LogP contribution is -2.46. The topological polar surface area (TPSA) is 55.0 Å². The molecule has 2 N–H and O–H groups in total. The zero-order chi connectivity index (χ0) is 12.4. The molecule has 2 unspecified atom stereocenters. The quantitative estimate of drug-likeness (QED) is 0.843. The summed E-state index contributed by atoms with van der Waals surface area (Å²) in [5.41, 5.74) is 7.19. The Morgan fingerprint density at radius 3 is 2.82 bits per heavy atom. The minimum atomic E-state index is 0.263. The van der Waals surface area contributed by atoms with Crippen molar-refractivity contribution in [3.63, 3.8) is 0 Å². The molecule has 0 aromatic carbocycles. The molecule has 94 valence electrons. The van der Waals surface area contributed by atoms with Gasteiger partial charge in [-0.2, -0.15) is 0 Å². The summed E-state index contributed by atoms with van der Waals surface area (Å²) < 4.78 is 0. The predicted molar refractivity (Wildman–Crippen MR) is 70.1 cm³/mol. The first-order valence-corrected chi connectivity index (χ1v) is 6.43. The van der Waals surface area contributed by atoms with E-state index in [0.717, 1.165) is 43.3 Å². The number of aromatic nitrogens is 2. The zero-order valence-electron chi connectivity index (χ0n) is 11.0. The maximum absolute atomic E-state index is 6.08. The second-order valence-corrected chi connectivity index (χ2v) is 5.12. The van der Waals surface area contributed by atoms with Crippen molar-refractivity contribution in [1.29, 1.82) is 0 Å². The van der Waals surface area contributed by atoms with Gasteiger partial charge in [0.05, 0.1) is 0 Å². The first-order chi connectivity index (χ1) is 8.08. The van der Waals surface area contributed by atoms with Gasteiger partial charge in [0.1, 0.15) is 11.6 Å². The highest BCUT2D eigenvalue weighted by Crippen LogP contribution is 2.21. The van der Waals surface area contributed by atoms with Gasteiger partial charge >= 0.3 is 0 Å². The zero-order valence-corrected chi connectivity index (χ0v) is 11.0. The monoisotopic (exact) mass is 234 g/mol. The van der Waals surface area contributed by atoms with E-state index in [1.165, 1.54) is 0 Å². The fraction of sp³-hybridized carbons (Fsp3) is 0.692. The summed E-state index contributed by atoms with van der Waals surface area (Å²) >= 11 is 0. The predicted octanol–water partition coefficient (Wildman–Crippen LogP) is 1.52. The Labute approximate surface area is 103 Å². The highest BCUT2D eigenvalue weighted by molar-refractivity contribution is 5.41. The average Bonchev–Trinajstić information content (AvgIpc) is 2.26. The van der Waals surface area contributed by atoms with Crippen LogP contribution in [0.3, 0.4) is 0 Å². The molecule has 0 amide bonds. The van der Waals surface area contributed by atoms with Crippen LogP contribution in [0.25, 0.3) is 0 Å². The molecule has 2 atom stereocenters. The van der Waals surface area contributed by atoms with E-state index in [0.29, 0.717) is 5.92 Å². The van der Waals surface area contributed by atoms with Crippen molar-refractivity contribution in [2.24, 2.45) is 11.7 Å². The Balaban J connectivity index is 2.23. The van der Waals surface area contributed by atoms with E-state index in [-0.39, 0.29) is 6.04 Å². The van der Waals surface area contributed by atoms with E-state index < -0.39 is 0 Å². The smallest absolute Gasteiger partial charge is 0.132 e. The SMILES string of the molecule is CCc1cc(N2CC(C)CC(N)C2)nc(C)n1. The molecule has 0 aliphatic carbocycles. The summed E-state index contributed by atoms with van der Waals surface area (Å²) in [5, 5.41) is 0. The second kappa shape index (κ2) is 5.00. The summed E-state index contributed by atoms with van der Waals surface area (Å²) in [7, 11) is 0. The third kappa shape index (κ3) is 2.94. The molecule has 1 aromatic heterocycles. The molecular weight excluding hydrogens is 212 g/mol. The number of hydrogen-bond acceptors (Lipinski definition) is 4. The summed E-state index contributed by atoms with van der Waals surface area (Å²) in [6.45, 7) is 8.28. The molecule has 1 aliphatic rings. The molecule has 4 heteroatoms. The van der Waals surface area contributed by atoms with Crippen LogP contribution in [0.5, 0.6) is 0 Å². The number of rotatable bonds is 2. The largest absolute Gasteiger partial charge is 0.355 e. The van der Waals surface area contributed by atoms with Crippen LogP contribution in [-0.4, -0.2) is 29.1 Å². The number of anilines is 1. The van der Waals surface area contributed by atoms with E-state index in [9.17, 15) is 0 Å². The molecular formula is C13H22N4. The first-order valence-electron chi connectivity index (χ1n) is 6.43. The minimum absolute atomic E-state index is 0.263. The molecule has 0 bridgehead atoms. The lowest BCUT2D eigenvalue weighted by atomic mass is 9.96. The van der Waals surface area contributed by atoms with Crippen LogP contribution in [0.2, 0.25) is 0 Å². The van der Waals surface area contributed by atoms with Crippen molar-refractivity contribution in [2.45, 2.75) is 39.7 Å². The molecule has 4 nitrogen and oxygen atoms in total. The molecule has 2 heterocycles. The second-order valence-electron chi connectivity index (χ2n) is 5.12. The van der Waals surface area contributed by atoms with Crippen LogP contribution < -0.4 is 10.6 Å². The van der Waals surface area contributed by atoms with Gasteiger partial charge in [-0.3, -0.25) is 0 Å². The van der Waals surface area contributed by atoms with E-state index in [1.54, 1.807) is 0 Å². The number of nitrogens with zero attached hydrogens (tertiary/aromatic N) is 3. The Hall–Kier alpha value is -1.16. The van der Waals surface area contributed by atoms with Gasteiger partial charge in [-0.05, 0) is 25.7 Å². The van der Waals surface area contributed by atoms with Gasteiger partial charge in [0, 0.05) is 30.9 Å². The van der Waals surface area contributed by atoms with E-state index >= 15 is 0 Å². The molecule has 1 saturated heterocycles. The van der Waals surface area contributed by atoms with Gasteiger partial charge in [-0.25, -0.2) is 9.97 Å². The Morgan fingerprint density at radius 1 is 1.41 bits per heavy atom. The highest BCUT2D eigenvalue weighted by Gasteiger charge is 2.23. The third-order valence-electron chi connectivity index (χ3n) is 3.26. The van der Waals surface area contributed by atoms with Gasteiger partial charge in [0.25, 0.3) is 0 Å². The fourth-order valence-corrected chi connectivity index (χ4v) is 2.54. The standard InChI is InChI=1S/C13H22N4/c1-4-12-6-13(16-10(3)15-12)17-7-9(2)5-11(14)8-17/h6,9,11H,4-5,7-8,14H2,1-3H3. The molecule has 1 aliphatic heterocycles. The average molecular weight is 234 g/mol. The maximum atomic E-state index is 6.08. The minimum Gasteiger partial charge on any atom is -0.355 e. The van der Waals surface area contributed by atoms with Crippen LogP contribution in [0, 0.1) is 12.8 Å². The summed E-state index contributed by atoms with van der Waals surface area (Å²) in [4.78, 5) is 11.2. The van der Waals surface area contributed by atoms with Crippen molar-refractivity contribution >= 4 is 5.82 Å². The lowest BCUT2D eigenvalue weighted by Gasteiger charge is -2.35. The van der Waals surface area contributed by atoms with Crippen molar-refractivity contribution in [2.75, 3.05) is 18.0 Å². The molecule has 17 heavy (non-hydrogen) atoms. The maximum Gasteiger partial charge on any atom is 0.132 e. The Bertz CT molecular complexity index is 381. The van der Waals surface area contributed by atoms with Crippen molar-refractivity contribution in [1.82, 2.24) is 9.97 Å². The van der Waals surface area contributed by atoms with E-state index in [1.807, 2.05) is 6.92 Å². The molecule has 2 rings (SSSR count). The molecule has 1 aromatic rings. The van der Waals surface area contributed by atoms with Gasteiger partial charge in [-0.15, -0.1) is 0 Å². The van der Waals surface area contributed by atoms with Crippen LogP contribution in [0.15, 0.2) is 6.07 Å². The van der Waals surface area contributed by atoms with Crippen molar-refractivity contribution in [3.05, 3.63) is 17.6 Å². The van der Waals surface area contributed by atoms with Crippen molar-refractivity contribution in [3.8, 4) is 0 Å². The van der Waals surface area contributed by atoms with Crippen molar-refractivity contribution < 1.29 is 0 Å². The van der Waals surface area contributed by atoms with E-state index in [2.05, 4.69) is 34.8 Å². The van der Waals surface area contributed by atoms with Gasteiger partial charge in [0.15, 0.2) is 0 Å². The summed E-state index contributed by atoms with van der Waals surface area (Å²) in [5.74, 6) is 2.53. The van der Waals surface area contributed by atoms with Crippen LogP contribution in [-0.2, 0) is 6.42 Å². The van der Waals surface area contributed by atoms with Crippen LogP contribution in [0.4, 0.5) is 5.82 Å². The van der Waals surface area contributed by atoms with Gasteiger partial charge < -0.3 is 10.6 Å². The lowest BCUT2D eigenvalue weighted by molar-refractivity contribution is 0.399. The number of nitrogens with two attached hydrogens (primary N) is 1. The van der Waals surface area contributed by atoms with E-state index in [4.69, 9.17) is 5.73 Å². The molecule has 0 radical (unpaired) electrons. The van der Waals surface area contributed by atoms with Crippen LogP contribution in [0.1, 0.15) is 31.8 Å². The highest BCUT2D eigenvalue weighted by atomic mass is 15.2. The third-order valence-corrected chi connectivity index (χ3v) is 3.26. The Kier molecular flexibility index (Phi) is 3.62. The van der Waals surface area contributed by atoms with Gasteiger partial charge in [0.2, 0.25) is 0 Å². The number of aryl methyl sites for hydroxylation is 2. The number of hydrogen-bond donors (Lipinski definition) is 1. The molecule has 1 fully saturated rings. The molecule has 0 saturated carbocycles. The summed E-state index contributed by atoms with van der Waals surface area (Å²) in [6, 6.07) is 2.36. The molecule has 0 spiro atoms. The van der Waals surface area contributed by atoms with Gasteiger partial charge in [-0.1, -0.05) is 13.8 Å². The number of piperidine rings is 1. The normalized spacial score (nSPS) is 25.1. The Morgan fingerprint density at radius 2 is 2.18 bits per heavy atom.